The molecule has 1 fully saturated rings. The Kier molecular flexibility index (Phi) is 5.62. The monoisotopic (exact) mass is 471 g/mol. The number of fused-ring (bicyclic) bond motifs is 2. The molecule has 2 aromatic rings. The van der Waals surface area contributed by atoms with Gasteiger partial charge in [-0.05, 0) is 49.2 Å². The molecule has 4 atom stereocenters. The molecule has 0 radical (unpaired) electrons. The van der Waals surface area contributed by atoms with Gasteiger partial charge in [0.05, 0.1) is 18.7 Å². The number of carbonyl (C=O) groups is 1. The van der Waals surface area contributed by atoms with Crippen molar-refractivity contribution in [2.45, 2.75) is 48.9 Å². The molecule has 0 spiro atoms. The van der Waals surface area contributed by atoms with Crippen LogP contribution in [0.4, 0.5) is 0 Å². The number of nitrogens with two attached hydrogens (primary N) is 1. The molecule has 174 valence electrons. The molecule has 33 heavy (non-hydrogen) atoms. The highest BCUT2D eigenvalue weighted by Gasteiger charge is 2.53. The summed E-state index contributed by atoms with van der Waals surface area (Å²) in [5.74, 6) is -0.526. The third kappa shape index (κ3) is 3.89. The summed E-state index contributed by atoms with van der Waals surface area (Å²) < 4.78 is 28.2. The predicted molar refractivity (Wildman–Crippen MR) is 121 cm³/mol. The van der Waals surface area contributed by atoms with E-state index in [1.54, 1.807) is 26.0 Å². The Labute approximate surface area is 195 Å². The fourth-order valence-corrected chi connectivity index (χ4v) is 5.62. The lowest BCUT2D eigenvalue weighted by molar-refractivity contribution is -0.152. The van der Waals surface area contributed by atoms with Crippen molar-refractivity contribution in [3.05, 3.63) is 58.5 Å². The number of esters is 1. The second kappa shape index (κ2) is 8.34. The van der Waals surface area contributed by atoms with E-state index in [2.05, 4.69) is 0 Å². The van der Waals surface area contributed by atoms with Crippen LogP contribution in [0.1, 0.15) is 29.8 Å². The lowest BCUT2D eigenvalue weighted by Crippen LogP contribution is -2.52. The van der Waals surface area contributed by atoms with Crippen LogP contribution in [0.25, 0.3) is 5.57 Å². The summed E-state index contributed by atoms with van der Waals surface area (Å²) in [5, 5.41) is 11.5. The summed E-state index contributed by atoms with van der Waals surface area (Å²) in [6.07, 6.45) is -2.28. The number of benzene rings is 2. The highest BCUT2D eigenvalue weighted by molar-refractivity contribution is 8.03. The number of hydrogen-bond acceptors (Lipinski definition) is 9. The molecular formula is C24H25NO7S. The first kappa shape index (κ1) is 22.2. The average Bonchev–Trinajstić information content (AvgIpc) is 3.40. The topological polar surface area (TPSA) is 109 Å². The zero-order valence-electron chi connectivity index (χ0n) is 18.4. The maximum absolute atomic E-state index is 12.8. The Hall–Kier alpha value is -2.56. The van der Waals surface area contributed by atoms with Gasteiger partial charge in [-0.15, -0.1) is 0 Å². The second-order valence-corrected chi connectivity index (χ2v) is 9.59. The van der Waals surface area contributed by atoms with Gasteiger partial charge in [-0.3, -0.25) is 0 Å². The molecule has 2 aromatic carbocycles. The third-order valence-electron chi connectivity index (χ3n) is 5.88. The van der Waals surface area contributed by atoms with Crippen molar-refractivity contribution in [3.63, 3.8) is 0 Å². The standard InChI is InChI=1S/C24H25NO7S/c1-24(2)31-20-18(25)17(13-9-15-16(30-11-29-15)10-14(13)23(27)28-3)22(19(26)21(20)32-24)33-12-7-5-4-6-8-12/h4-10,18-21,26H,11,25H2,1-3H3/t18-,19-,20+,21-/m0/s1. The maximum Gasteiger partial charge on any atom is 0.338 e. The van der Waals surface area contributed by atoms with Gasteiger partial charge in [0.2, 0.25) is 6.79 Å². The van der Waals surface area contributed by atoms with E-state index in [4.69, 9.17) is 29.4 Å². The summed E-state index contributed by atoms with van der Waals surface area (Å²) in [6.45, 7) is 3.62. The highest BCUT2D eigenvalue weighted by Crippen LogP contribution is 2.49. The van der Waals surface area contributed by atoms with Gasteiger partial charge in [0.1, 0.15) is 18.3 Å². The van der Waals surface area contributed by atoms with E-state index < -0.39 is 36.1 Å². The van der Waals surface area contributed by atoms with E-state index in [1.807, 2.05) is 30.3 Å². The number of ether oxygens (including phenoxy) is 5. The van der Waals surface area contributed by atoms with Crippen molar-refractivity contribution in [3.8, 4) is 11.5 Å². The third-order valence-corrected chi connectivity index (χ3v) is 7.06. The number of aliphatic hydroxyl groups is 1. The minimum Gasteiger partial charge on any atom is -0.465 e. The summed E-state index contributed by atoms with van der Waals surface area (Å²) >= 11 is 1.38. The molecule has 0 saturated carbocycles. The van der Waals surface area contributed by atoms with Gasteiger partial charge in [-0.1, -0.05) is 30.0 Å². The lowest BCUT2D eigenvalue weighted by Gasteiger charge is -2.37. The van der Waals surface area contributed by atoms with Gasteiger partial charge in [0.25, 0.3) is 0 Å². The van der Waals surface area contributed by atoms with Crippen LogP contribution >= 0.6 is 11.8 Å². The molecule has 2 aliphatic heterocycles. The molecule has 0 aromatic heterocycles. The van der Waals surface area contributed by atoms with Crippen LogP contribution in [0.2, 0.25) is 0 Å². The minimum atomic E-state index is -1.02. The number of methoxy groups -OCH3 is 1. The van der Waals surface area contributed by atoms with E-state index >= 15 is 0 Å². The molecule has 0 unspecified atom stereocenters. The fourth-order valence-electron chi connectivity index (χ4n) is 4.46. The zero-order valence-corrected chi connectivity index (χ0v) is 19.3. The number of thioether (sulfide) groups is 1. The summed E-state index contributed by atoms with van der Waals surface area (Å²) in [5.41, 5.74) is 8.12. The fraction of sp³-hybridized carbons (Fsp3) is 0.375. The smallest absolute Gasteiger partial charge is 0.338 e. The molecule has 1 aliphatic carbocycles. The first-order chi connectivity index (χ1) is 15.8. The van der Waals surface area contributed by atoms with Crippen molar-refractivity contribution in [1.29, 1.82) is 0 Å². The van der Waals surface area contributed by atoms with Gasteiger partial charge >= 0.3 is 5.97 Å². The van der Waals surface area contributed by atoms with Gasteiger partial charge in [-0.25, -0.2) is 4.79 Å². The van der Waals surface area contributed by atoms with E-state index in [-0.39, 0.29) is 12.4 Å². The van der Waals surface area contributed by atoms with E-state index in [1.165, 1.54) is 18.9 Å². The molecule has 2 heterocycles. The van der Waals surface area contributed by atoms with Crippen molar-refractivity contribution in [1.82, 2.24) is 0 Å². The Bertz CT molecular complexity index is 1120. The first-order valence-corrected chi connectivity index (χ1v) is 11.4. The van der Waals surface area contributed by atoms with Crippen molar-refractivity contribution >= 4 is 23.3 Å². The van der Waals surface area contributed by atoms with Crippen LogP contribution in [-0.4, -0.2) is 55.1 Å². The van der Waals surface area contributed by atoms with Crippen molar-refractivity contribution < 1.29 is 33.6 Å². The van der Waals surface area contributed by atoms with E-state index in [9.17, 15) is 9.90 Å². The van der Waals surface area contributed by atoms with Crippen LogP contribution < -0.4 is 15.2 Å². The molecule has 0 bridgehead atoms. The number of aliphatic hydroxyl groups excluding tert-OH is 1. The van der Waals surface area contributed by atoms with Crippen LogP contribution in [-0.2, 0) is 14.2 Å². The number of hydrogen-bond donors (Lipinski definition) is 2. The Morgan fingerprint density at radius 3 is 2.48 bits per heavy atom. The minimum absolute atomic E-state index is 0.0502. The van der Waals surface area contributed by atoms with Gasteiger partial charge in [-0.2, -0.15) is 0 Å². The number of carbonyl (C=O) groups excluding carboxylic acids is 1. The van der Waals surface area contributed by atoms with Crippen LogP contribution in [0.3, 0.4) is 0 Å². The molecule has 9 heteroatoms. The van der Waals surface area contributed by atoms with Crippen molar-refractivity contribution in [2.75, 3.05) is 13.9 Å². The molecule has 0 amide bonds. The van der Waals surface area contributed by atoms with Crippen molar-refractivity contribution in [2.24, 2.45) is 5.73 Å². The Balaban J connectivity index is 1.71. The molecule has 5 rings (SSSR count). The zero-order chi connectivity index (χ0) is 23.3. The summed E-state index contributed by atoms with van der Waals surface area (Å²) in [7, 11) is 1.31. The SMILES string of the molecule is COC(=O)c1cc2c(cc1C1=C(Sc3ccccc3)[C@@H](O)[C@@H]3OC(C)(C)O[C@@H]3[C@H]1N)OCO2. The predicted octanol–water partition coefficient (Wildman–Crippen LogP) is 2.93. The van der Waals surface area contributed by atoms with Gasteiger partial charge in [0, 0.05) is 9.80 Å². The average molecular weight is 472 g/mol. The maximum atomic E-state index is 12.8. The van der Waals surface area contributed by atoms with Gasteiger partial charge in [0.15, 0.2) is 17.3 Å². The highest BCUT2D eigenvalue weighted by atomic mass is 32.2. The molecule has 3 N–H and O–H groups in total. The quantitative estimate of drug-likeness (QED) is 0.651. The Morgan fingerprint density at radius 2 is 1.79 bits per heavy atom. The lowest BCUT2D eigenvalue weighted by atomic mass is 9.82. The second-order valence-electron chi connectivity index (χ2n) is 8.47. The molecule has 1 saturated heterocycles. The van der Waals surface area contributed by atoms with Gasteiger partial charge < -0.3 is 34.5 Å². The van der Waals surface area contributed by atoms with Crippen LogP contribution in [0.15, 0.2) is 52.3 Å². The van der Waals surface area contributed by atoms with Crippen LogP contribution in [0.5, 0.6) is 11.5 Å². The largest absolute Gasteiger partial charge is 0.465 e. The molecule has 8 nitrogen and oxygen atoms in total. The number of rotatable bonds is 4. The normalized spacial score (nSPS) is 27.4. The summed E-state index contributed by atoms with van der Waals surface area (Å²) in [4.78, 5) is 14.2. The molecule has 3 aliphatic rings. The summed E-state index contributed by atoms with van der Waals surface area (Å²) in [6, 6.07) is 12.2. The van der Waals surface area contributed by atoms with E-state index in [0.29, 0.717) is 27.5 Å². The molecular weight excluding hydrogens is 446 g/mol. The van der Waals surface area contributed by atoms with E-state index in [0.717, 1.165) is 4.90 Å². The Morgan fingerprint density at radius 1 is 1.12 bits per heavy atom. The van der Waals surface area contributed by atoms with Crippen LogP contribution in [0, 0.1) is 0 Å². The first-order valence-electron chi connectivity index (χ1n) is 10.6.